The van der Waals surface area contributed by atoms with Crippen LogP contribution in [-0.2, 0) is 5.41 Å². The van der Waals surface area contributed by atoms with Crippen LogP contribution in [0.2, 0.25) is 0 Å². The second kappa shape index (κ2) is 8.18. The van der Waals surface area contributed by atoms with Crippen molar-refractivity contribution in [3.63, 3.8) is 0 Å². The molecule has 0 heterocycles. The highest BCUT2D eigenvalue weighted by Gasteiger charge is 2.35. The lowest BCUT2D eigenvalue weighted by atomic mass is 9.71. The summed E-state index contributed by atoms with van der Waals surface area (Å²) in [5.74, 6) is 1.94. The molecule has 0 amide bonds. The van der Waals surface area contributed by atoms with Crippen molar-refractivity contribution in [1.29, 1.82) is 0 Å². The van der Waals surface area contributed by atoms with Crippen molar-refractivity contribution in [2.45, 2.75) is 5.41 Å². The van der Waals surface area contributed by atoms with Crippen LogP contribution >= 0.6 is 11.8 Å². The van der Waals surface area contributed by atoms with Gasteiger partial charge in [-0.1, -0.05) is 91.0 Å². The van der Waals surface area contributed by atoms with E-state index in [1.165, 1.54) is 16.7 Å². The van der Waals surface area contributed by atoms with E-state index in [1.807, 2.05) is 11.8 Å². The van der Waals surface area contributed by atoms with Crippen molar-refractivity contribution >= 4 is 11.8 Å². The predicted molar refractivity (Wildman–Crippen MR) is 106 cm³/mol. The predicted octanol–water partition coefficient (Wildman–Crippen LogP) is 4.71. The van der Waals surface area contributed by atoms with E-state index in [0.29, 0.717) is 6.54 Å². The maximum atomic E-state index is 5.75. The molecular formula is C22H23NS. The number of nitrogens with two attached hydrogens (primary N) is 1. The van der Waals surface area contributed by atoms with Crippen molar-refractivity contribution in [2.24, 2.45) is 5.73 Å². The summed E-state index contributed by atoms with van der Waals surface area (Å²) >= 11 is 1.92. The van der Waals surface area contributed by atoms with Crippen molar-refractivity contribution in [3.8, 4) is 0 Å². The Kier molecular flexibility index (Phi) is 5.73. The number of benzene rings is 3. The van der Waals surface area contributed by atoms with Gasteiger partial charge in [-0.2, -0.15) is 11.8 Å². The van der Waals surface area contributed by atoms with Crippen molar-refractivity contribution in [2.75, 3.05) is 18.1 Å². The first-order valence-corrected chi connectivity index (χ1v) is 9.48. The quantitative estimate of drug-likeness (QED) is 0.500. The summed E-state index contributed by atoms with van der Waals surface area (Å²) < 4.78 is 0. The summed E-state index contributed by atoms with van der Waals surface area (Å²) in [7, 11) is 0. The molecule has 122 valence electrons. The molecule has 3 aromatic rings. The van der Waals surface area contributed by atoms with Crippen LogP contribution in [0, 0.1) is 0 Å². The second-order valence-electron chi connectivity index (χ2n) is 5.84. The fourth-order valence-corrected chi connectivity index (χ4v) is 4.34. The maximum Gasteiger partial charge on any atom is 0.0541 e. The van der Waals surface area contributed by atoms with E-state index in [2.05, 4.69) is 91.0 Å². The van der Waals surface area contributed by atoms with Crippen LogP contribution in [-0.4, -0.2) is 18.1 Å². The molecule has 0 unspecified atom stereocenters. The number of hydrogen-bond donors (Lipinski definition) is 1. The lowest BCUT2D eigenvalue weighted by Crippen LogP contribution is -2.32. The van der Waals surface area contributed by atoms with Gasteiger partial charge in [0.15, 0.2) is 0 Å². The minimum atomic E-state index is -0.163. The summed E-state index contributed by atoms with van der Waals surface area (Å²) in [5, 5.41) is 0. The highest BCUT2D eigenvalue weighted by molar-refractivity contribution is 7.99. The molecule has 0 aliphatic heterocycles. The molecule has 3 rings (SSSR count). The first-order valence-electron chi connectivity index (χ1n) is 8.32. The molecular weight excluding hydrogens is 310 g/mol. The molecule has 2 N–H and O–H groups in total. The standard InChI is InChI=1S/C22H23NS/c23-16-17-24-18-22(19-10-4-1-5-11-19,20-12-6-2-7-13-20)21-14-8-3-9-15-21/h1-15H,16-18,23H2. The van der Waals surface area contributed by atoms with E-state index in [0.717, 1.165) is 11.5 Å². The molecule has 0 saturated heterocycles. The van der Waals surface area contributed by atoms with Crippen molar-refractivity contribution < 1.29 is 0 Å². The van der Waals surface area contributed by atoms with Crippen LogP contribution in [0.3, 0.4) is 0 Å². The molecule has 0 aliphatic rings. The summed E-state index contributed by atoms with van der Waals surface area (Å²) in [5.41, 5.74) is 9.57. The minimum absolute atomic E-state index is 0.163. The molecule has 2 heteroatoms. The van der Waals surface area contributed by atoms with Gasteiger partial charge in [-0.05, 0) is 16.7 Å². The van der Waals surface area contributed by atoms with Crippen LogP contribution < -0.4 is 5.73 Å². The minimum Gasteiger partial charge on any atom is -0.330 e. The monoisotopic (exact) mass is 333 g/mol. The van der Waals surface area contributed by atoms with E-state index in [-0.39, 0.29) is 5.41 Å². The van der Waals surface area contributed by atoms with Gasteiger partial charge in [-0.15, -0.1) is 0 Å². The van der Waals surface area contributed by atoms with Crippen molar-refractivity contribution in [1.82, 2.24) is 0 Å². The number of rotatable bonds is 7. The average Bonchev–Trinajstić information content (AvgIpc) is 2.68. The van der Waals surface area contributed by atoms with Gasteiger partial charge in [0.2, 0.25) is 0 Å². The number of hydrogen-bond acceptors (Lipinski definition) is 2. The van der Waals surface area contributed by atoms with E-state index in [9.17, 15) is 0 Å². The Morgan fingerprint density at radius 1 is 0.625 bits per heavy atom. The molecule has 1 nitrogen and oxygen atoms in total. The first-order chi connectivity index (χ1) is 11.9. The molecule has 0 spiro atoms. The Hall–Kier alpha value is -2.03. The van der Waals surface area contributed by atoms with Gasteiger partial charge in [-0.3, -0.25) is 0 Å². The third-order valence-corrected chi connectivity index (χ3v) is 5.54. The third kappa shape index (κ3) is 3.40. The van der Waals surface area contributed by atoms with Crippen LogP contribution in [0.1, 0.15) is 16.7 Å². The Bertz CT molecular complexity index is 629. The van der Waals surface area contributed by atoms with E-state index in [1.54, 1.807) is 0 Å². The van der Waals surface area contributed by atoms with Gasteiger partial charge >= 0.3 is 0 Å². The lowest BCUT2D eigenvalue weighted by Gasteiger charge is -2.36. The van der Waals surface area contributed by atoms with Gasteiger partial charge in [0, 0.05) is 18.1 Å². The van der Waals surface area contributed by atoms with Crippen LogP contribution in [0.15, 0.2) is 91.0 Å². The first kappa shape index (κ1) is 16.8. The van der Waals surface area contributed by atoms with Crippen LogP contribution in [0.25, 0.3) is 0 Å². The Balaban J connectivity index is 2.20. The highest BCUT2D eigenvalue weighted by Crippen LogP contribution is 2.41. The topological polar surface area (TPSA) is 26.0 Å². The van der Waals surface area contributed by atoms with Crippen LogP contribution in [0.5, 0.6) is 0 Å². The number of thioether (sulfide) groups is 1. The molecule has 0 fully saturated rings. The Labute approximate surface area is 148 Å². The van der Waals surface area contributed by atoms with Crippen molar-refractivity contribution in [3.05, 3.63) is 108 Å². The highest BCUT2D eigenvalue weighted by atomic mass is 32.2. The zero-order valence-electron chi connectivity index (χ0n) is 13.8. The normalized spacial score (nSPS) is 11.4. The fraction of sp³-hybridized carbons (Fsp3) is 0.182. The van der Waals surface area contributed by atoms with Gasteiger partial charge in [-0.25, -0.2) is 0 Å². The van der Waals surface area contributed by atoms with Gasteiger partial charge in [0.05, 0.1) is 5.41 Å². The molecule has 0 aliphatic carbocycles. The van der Waals surface area contributed by atoms with Crippen LogP contribution in [0.4, 0.5) is 0 Å². The Morgan fingerprint density at radius 3 is 1.33 bits per heavy atom. The summed E-state index contributed by atoms with van der Waals surface area (Å²) in [6.45, 7) is 0.707. The average molecular weight is 334 g/mol. The fourth-order valence-electron chi connectivity index (χ4n) is 3.23. The van der Waals surface area contributed by atoms with E-state index in [4.69, 9.17) is 5.73 Å². The SMILES string of the molecule is NCCSCC(c1ccccc1)(c1ccccc1)c1ccccc1. The summed E-state index contributed by atoms with van der Waals surface area (Å²) in [6.07, 6.45) is 0. The zero-order valence-corrected chi connectivity index (χ0v) is 14.6. The zero-order chi connectivity index (χ0) is 16.7. The van der Waals surface area contributed by atoms with E-state index < -0.39 is 0 Å². The molecule has 0 saturated carbocycles. The summed E-state index contributed by atoms with van der Waals surface area (Å²) in [6, 6.07) is 32.4. The van der Waals surface area contributed by atoms with E-state index >= 15 is 0 Å². The largest absolute Gasteiger partial charge is 0.330 e. The molecule has 0 aromatic heterocycles. The van der Waals surface area contributed by atoms with Gasteiger partial charge < -0.3 is 5.73 Å². The molecule has 0 bridgehead atoms. The third-order valence-electron chi connectivity index (χ3n) is 4.38. The smallest absolute Gasteiger partial charge is 0.0541 e. The molecule has 24 heavy (non-hydrogen) atoms. The van der Waals surface area contributed by atoms with Gasteiger partial charge in [0.1, 0.15) is 0 Å². The molecule has 0 radical (unpaired) electrons. The maximum absolute atomic E-state index is 5.75. The molecule has 0 atom stereocenters. The lowest BCUT2D eigenvalue weighted by molar-refractivity contribution is 0.705. The van der Waals surface area contributed by atoms with Gasteiger partial charge in [0.25, 0.3) is 0 Å². The summed E-state index contributed by atoms with van der Waals surface area (Å²) in [4.78, 5) is 0. The molecule has 3 aromatic carbocycles. The Morgan fingerprint density at radius 2 is 1.00 bits per heavy atom. The second-order valence-corrected chi connectivity index (χ2v) is 6.95.